The molecule has 4 N–H and O–H groups in total. The first-order valence-corrected chi connectivity index (χ1v) is 16.9. The summed E-state index contributed by atoms with van der Waals surface area (Å²) in [6.45, 7) is 2.19. The molecule has 6 rings (SSSR count). The average Bonchev–Trinajstić information content (AvgIpc) is 3.45. The summed E-state index contributed by atoms with van der Waals surface area (Å²) in [5, 5.41) is 3.13. The Morgan fingerprint density at radius 3 is 2.84 bits per heavy atom. The number of aromatic nitrogens is 2. The molecule has 2 aromatic heterocycles. The SMILES string of the molecule is Cc1ccc([C@@H]2NC(=O)c3ccccc3[C@H]2C(=O)NOCc2ccc3nccn3c2)c(CC2CCC[C@H](N[S+](C)(=O)O)C2)c1. The van der Waals surface area contributed by atoms with E-state index in [9.17, 15) is 18.4 Å². The largest absolute Gasteiger partial charge is 0.344 e. The van der Waals surface area contributed by atoms with Crippen LogP contribution in [0.15, 0.2) is 73.2 Å². The number of imidazole rings is 1. The molecular formula is C33H38N5O5S+. The van der Waals surface area contributed by atoms with Crippen LogP contribution < -0.4 is 15.5 Å². The second-order valence-corrected chi connectivity index (χ2v) is 13.9. The van der Waals surface area contributed by atoms with E-state index in [1.807, 2.05) is 60.1 Å². The number of rotatable bonds is 9. The van der Waals surface area contributed by atoms with Crippen molar-refractivity contribution in [1.82, 2.24) is 24.9 Å². The minimum absolute atomic E-state index is 0.0315. The van der Waals surface area contributed by atoms with E-state index < -0.39 is 22.4 Å². The molecule has 11 heteroatoms. The number of amides is 2. The number of nitrogens with one attached hydrogen (secondary N) is 3. The van der Waals surface area contributed by atoms with Gasteiger partial charge in [0, 0.05) is 24.2 Å². The van der Waals surface area contributed by atoms with E-state index in [1.54, 1.807) is 18.3 Å². The summed E-state index contributed by atoms with van der Waals surface area (Å²) in [6.07, 6.45) is 11.1. The van der Waals surface area contributed by atoms with Gasteiger partial charge in [-0.25, -0.2) is 10.5 Å². The third kappa shape index (κ3) is 6.76. The van der Waals surface area contributed by atoms with E-state index in [4.69, 9.17) is 4.84 Å². The Morgan fingerprint density at radius 2 is 2.00 bits per heavy atom. The van der Waals surface area contributed by atoms with Crippen LogP contribution >= 0.6 is 0 Å². The maximum atomic E-state index is 13.9. The molecule has 2 aliphatic rings. The summed E-state index contributed by atoms with van der Waals surface area (Å²) in [7, 11) is -3.04. The van der Waals surface area contributed by atoms with Gasteiger partial charge in [-0.2, -0.15) is 4.55 Å². The van der Waals surface area contributed by atoms with Crippen molar-refractivity contribution in [1.29, 1.82) is 0 Å². The van der Waals surface area contributed by atoms with Crippen LogP contribution in [0.5, 0.6) is 0 Å². The first-order valence-electron chi connectivity index (χ1n) is 15.0. The highest BCUT2D eigenvalue weighted by molar-refractivity contribution is 7.95. The molecule has 230 valence electrons. The van der Waals surface area contributed by atoms with E-state index in [-0.39, 0.29) is 24.5 Å². The van der Waals surface area contributed by atoms with Gasteiger partial charge in [0.05, 0.1) is 18.0 Å². The smallest absolute Gasteiger partial charge is 0.285 e. The minimum atomic E-state index is -3.04. The van der Waals surface area contributed by atoms with Crippen molar-refractivity contribution in [2.45, 2.75) is 63.6 Å². The van der Waals surface area contributed by atoms with Crippen molar-refractivity contribution in [2.24, 2.45) is 5.92 Å². The van der Waals surface area contributed by atoms with Gasteiger partial charge in [0.2, 0.25) is 0 Å². The second kappa shape index (κ2) is 12.6. The number of carbonyl (C=O) groups excluding carboxylic acids is 2. The van der Waals surface area contributed by atoms with Crippen LogP contribution in [-0.2, 0) is 37.3 Å². The van der Waals surface area contributed by atoms with Crippen LogP contribution in [0.1, 0.15) is 75.8 Å². The number of benzene rings is 2. The van der Waals surface area contributed by atoms with E-state index in [1.165, 1.54) is 6.26 Å². The van der Waals surface area contributed by atoms with Gasteiger partial charge in [-0.1, -0.05) is 60.9 Å². The Kier molecular flexibility index (Phi) is 8.64. The first-order chi connectivity index (χ1) is 21.1. The van der Waals surface area contributed by atoms with E-state index in [0.29, 0.717) is 17.0 Å². The number of nitrogens with zero attached hydrogens (tertiary/aromatic N) is 2. The molecule has 1 aliphatic carbocycles. The third-order valence-electron chi connectivity index (χ3n) is 8.61. The Labute approximate surface area is 258 Å². The molecule has 0 bridgehead atoms. The molecule has 4 aromatic rings. The van der Waals surface area contributed by atoms with Crippen LogP contribution in [0.25, 0.3) is 5.65 Å². The molecule has 0 saturated heterocycles. The number of hydrogen-bond donors (Lipinski definition) is 4. The molecule has 1 fully saturated rings. The van der Waals surface area contributed by atoms with Crippen LogP contribution in [0.4, 0.5) is 0 Å². The molecule has 0 radical (unpaired) electrons. The van der Waals surface area contributed by atoms with Crippen molar-refractivity contribution >= 4 is 27.9 Å². The predicted molar refractivity (Wildman–Crippen MR) is 168 cm³/mol. The zero-order valence-corrected chi connectivity index (χ0v) is 25.7. The molecule has 1 aliphatic heterocycles. The highest BCUT2D eigenvalue weighted by Crippen LogP contribution is 2.40. The zero-order valence-electron chi connectivity index (χ0n) is 24.9. The van der Waals surface area contributed by atoms with Gasteiger partial charge in [0.15, 0.2) is 6.26 Å². The van der Waals surface area contributed by atoms with Gasteiger partial charge < -0.3 is 9.72 Å². The third-order valence-corrected chi connectivity index (χ3v) is 9.39. The monoisotopic (exact) mass is 616 g/mol. The number of carbonyl (C=O) groups is 2. The fraction of sp³-hybridized carbons (Fsp3) is 0.364. The van der Waals surface area contributed by atoms with Gasteiger partial charge in [0.1, 0.15) is 12.3 Å². The number of pyridine rings is 1. The average molecular weight is 617 g/mol. The van der Waals surface area contributed by atoms with Gasteiger partial charge in [-0.05, 0) is 70.7 Å². The summed E-state index contributed by atoms with van der Waals surface area (Å²) in [6, 6.07) is 16.5. The molecule has 3 heterocycles. The van der Waals surface area contributed by atoms with Crippen molar-refractivity contribution < 1.29 is 23.2 Å². The van der Waals surface area contributed by atoms with E-state index in [2.05, 4.69) is 26.6 Å². The summed E-state index contributed by atoms with van der Waals surface area (Å²) >= 11 is 0. The number of hydroxylamine groups is 1. The summed E-state index contributed by atoms with van der Waals surface area (Å²) < 4.78 is 26.7. The second-order valence-electron chi connectivity index (χ2n) is 12.1. The van der Waals surface area contributed by atoms with Gasteiger partial charge in [0.25, 0.3) is 22.2 Å². The molecule has 2 aromatic carbocycles. The van der Waals surface area contributed by atoms with Crippen LogP contribution in [0.3, 0.4) is 0 Å². The van der Waals surface area contributed by atoms with Crippen molar-refractivity contribution in [3.63, 3.8) is 0 Å². The topological polar surface area (TPSA) is 134 Å². The number of fused-ring (bicyclic) bond motifs is 2. The maximum Gasteiger partial charge on any atom is 0.285 e. The molecule has 2 amide bonds. The Balaban J connectivity index is 1.25. The molecule has 0 spiro atoms. The number of hydrogen-bond acceptors (Lipinski definition) is 5. The van der Waals surface area contributed by atoms with Gasteiger partial charge in [-0.15, -0.1) is 4.72 Å². The fourth-order valence-corrected chi connectivity index (χ4v) is 7.56. The molecular weight excluding hydrogens is 578 g/mol. The van der Waals surface area contributed by atoms with Crippen LogP contribution in [0, 0.1) is 12.8 Å². The van der Waals surface area contributed by atoms with E-state index in [0.717, 1.165) is 60.0 Å². The summed E-state index contributed by atoms with van der Waals surface area (Å²) in [5.41, 5.74) is 8.51. The van der Waals surface area contributed by atoms with Crippen molar-refractivity contribution in [2.75, 3.05) is 6.26 Å². The highest BCUT2D eigenvalue weighted by Gasteiger charge is 2.40. The summed E-state index contributed by atoms with van der Waals surface area (Å²) in [4.78, 5) is 37.2. The Morgan fingerprint density at radius 1 is 1.16 bits per heavy atom. The molecule has 44 heavy (non-hydrogen) atoms. The lowest BCUT2D eigenvalue weighted by Crippen LogP contribution is -2.45. The lowest BCUT2D eigenvalue weighted by molar-refractivity contribution is -0.137. The molecule has 10 nitrogen and oxygen atoms in total. The van der Waals surface area contributed by atoms with Crippen LogP contribution in [0.2, 0.25) is 0 Å². The molecule has 1 saturated carbocycles. The molecule has 5 atom stereocenters. The normalized spacial score (nSPS) is 23.0. The van der Waals surface area contributed by atoms with Crippen molar-refractivity contribution in [3.8, 4) is 0 Å². The lowest BCUT2D eigenvalue weighted by Gasteiger charge is -2.35. The van der Waals surface area contributed by atoms with Gasteiger partial charge in [-0.3, -0.25) is 14.4 Å². The van der Waals surface area contributed by atoms with Crippen molar-refractivity contribution in [3.05, 3.63) is 107 Å². The Hall–Kier alpha value is -3.90. The quantitative estimate of drug-likeness (QED) is 0.160. The lowest BCUT2D eigenvalue weighted by atomic mass is 9.76. The highest BCUT2D eigenvalue weighted by atomic mass is 32.3. The zero-order chi connectivity index (χ0) is 30.8. The predicted octanol–water partition coefficient (Wildman–Crippen LogP) is 4.67. The van der Waals surface area contributed by atoms with E-state index >= 15 is 0 Å². The first kappa shape index (κ1) is 30.1. The maximum absolute atomic E-state index is 13.9. The Bertz CT molecular complexity index is 1730. The minimum Gasteiger partial charge on any atom is -0.344 e. The van der Waals surface area contributed by atoms with Gasteiger partial charge >= 0.3 is 0 Å². The standard InChI is InChI=1S/C33H37N5O5S/c1-21-10-12-26(24(16-21)17-22-6-5-7-25(18-22)37-44(2,41)42)31-30(27-8-3-4-9-28(27)32(39)35-31)33(40)36-43-20-23-11-13-29-34-14-15-38(29)19-23/h3-4,8-16,19,22,25,30-31H,5-7,17-18,20H2,1-2H3,(H3-,35,36,37,39,40,41,42)/p+1/t22?,25-,30+,31-/m0/s1. The van der Waals surface area contributed by atoms with Crippen LogP contribution in [-0.4, -0.2) is 38.0 Å². The number of aryl methyl sites for hydroxylation is 1. The molecule has 2 unspecified atom stereocenters. The summed E-state index contributed by atoms with van der Waals surface area (Å²) in [5.74, 6) is -1.00. The fourth-order valence-electron chi connectivity index (χ4n) is 6.73.